The zero-order valence-corrected chi connectivity index (χ0v) is 7.93. The summed E-state index contributed by atoms with van der Waals surface area (Å²) in [5.41, 5.74) is 0. The van der Waals surface area contributed by atoms with Crippen LogP contribution in [0.3, 0.4) is 0 Å². The van der Waals surface area contributed by atoms with Gasteiger partial charge >= 0.3 is 11.9 Å². The number of ether oxygens (including phenoxy) is 1. The SMILES string of the molecule is COC(=O)C1CC=CCC1C(=O)ON. The van der Waals surface area contributed by atoms with Gasteiger partial charge in [-0.1, -0.05) is 12.2 Å². The third-order valence-electron chi connectivity index (χ3n) is 2.36. The van der Waals surface area contributed by atoms with Crippen LogP contribution in [0.25, 0.3) is 0 Å². The molecule has 0 saturated carbocycles. The van der Waals surface area contributed by atoms with Gasteiger partial charge in [-0.15, -0.1) is 0 Å². The Balaban J connectivity index is 2.75. The van der Waals surface area contributed by atoms with E-state index < -0.39 is 23.8 Å². The van der Waals surface area contributed by atoms with E-state index in [1.807, 2.05) is 12.2 Å². The highest BCUT2D eigenvalue weighted by atomic mass is 16.7. The Morgan fingerprint density at radius 1 is 1.21 bits per heavy atom. The van der Waals surface area contributed by atoms with Crippen molar-refractivity contribution in [3.8, 4) is 0 Å². The molecule has 2 N–H and O–H groups in total. The summed E-state index contributed by atoms with van der Waals surface area (Å²) in [5, 5.41) is 0. The summed E-state index contributed by atoms with van der Waals surface area (Å²) in [5.74, 6) is 2.83. The molecule has 0 heterocycles. The molecule has 1 aliphatic carbocycles. The lowest BCUT2D eigenvalue weighted by atomic mass is 9.83. The van der Waals surface area contributed by atoms with Crippen molar-refractivity contribution in [3.63, 3.8) is 0 Å². The lowest BCUT2D eigenvalue weighted by Crippen LogP contribution is -2.34. The summed E-state index contributed by atoms with van der Waals surface area (Å²) in [7, 11) is 1.30. The second-order valence-electron chi connectivity index (χ2n) is 3.12. The van der Waals surface area contributed by atoms with Crippen molar-refractivity contribution in [2.75, 3.05) is 7.11 Å². The monoisotopic (exact) mass is 199 g/mol. The van der Waals surface area contributed by atoms with Crippen LogP contribution in [0.4, 0.5) is 0 Å². The number of hydrogen-bond acceptors (Lipinski definition) is 5. The molecule has 0 spiro atoms. The molecule has 14 heavy (non-hydrogen) atoms. The third kappa shape index (κ3) is 2.11. The molecular formula is C9H13NO4. The number of esters is 1. The Morgan fingerprint density at radius 2 is 1.71 bits per heavy atom. The predicted octanol–water partition coefficient (Wildman–Crippen LogP) is 0.159. The Kier molecular flexibility index (Phi) is 3.64. The van der Waals surface area contributed by atoms with Crippen molar-refractivity contribution < 1.29 is 19.2 Å². The Hall–Kier alpha value is -1.36. The normalized spacial score (nSPS) is 25.6. The standard InChI is InChI=1S/C9H13NO4/c1-13-8(11)6-4-2-3-5-7(6)9(12)14-10/h2-3,6-7H,4-5,10H2,1H3. The highest BCUT2D eigenvalue weighted by Gasteiger charge is 2.35. The van der Waals surface area contributed by atoms with Gasteiger partial charge in [-0.3, -0.25) is 9.59 Å². The van der Waals surface area contributed by atoms with E-state index >= 15 is 0 Å². The van der Waals surface area contributed by atoms with Crippen LogP contribution in [0.5, 0.6) is 0 Å². The Bertz CT molecular complexity index is 236. The maximum absolute atomic E-state index is 11.3. The maximum Gasteiger partial charge on any atom is 0.328 e. The lowest BCUT2D eigenvalue weighted by molar-refractivity contribution is -0.159. The van der Waals surface area contributed by atoms with E-state index in [1.165, 1.54) is 7.11 Å². The third-order valence-corrected chi connectivity index (χ3v) is 2.36. The Labute approximate surface area is 81.8 Å². The molecule has 2 unspecified atom stereocenters. The fourth-order valence-corrected chi connectivity index (χ4v) is 1.57. The number of carbonyl (C=O) groups excluding carboxylic acids is 2. The minimum Gasteiger partial charge on any atom is -0.469 e. The quantitative estimate of drug-likeness (QED) is 0.389. The molecule has 0 amide bonds. The van der Waals surface area contributed by atoms with E-state index in [-0.39, 0.29) is 0 Å². The average molecular weight is 199 g/mol. The minimum absolute atomic E-state index is 0.398. The van der Waals surface area contributed by atoms with Crippen molar-refractivity contribution in [2.45, 2.75) is 12.8 Å². The second-order valence-corrected chi connectivity index (χ2v) is 3.12. The van der Waals surface area contributed by atoms with Crippen LogP contribution < -0.4 is 5.90 Å². The van der Waals surface area contributed by atoms with Gasteiger partial charge in [0.25, 0.3) is 0 Å². The molecule has 5 heteroatoms. The first kappa shape index (κ1) is 10.7. The lowest BCUT2D eigenvalue weighted by Gasteiger charge is -2.23. The van der Waals surface area contributed by atoms with Crippen molar-refractivity contribution in [3.05, 3.63) is 12.2 Å². The van der Waals surface area contributed by atoms with Crippen molar-refractivity contribution in [1.29, 1.82) is 0 Å². The summed E-state index contributed by atoms with van der Waals surface area (Å²) >= 11 is 0. The fourth-order valence-electron chi connectivity index (χ4n) is 1.57. The van der Waals surface area contributed by atoms with Crippen LogP contribution in [0.1, 0.15) is 12.8 Å². The molecule has 2 atom stereocenters. The summed E-state index contributed by atoms with van der Waals surface area (Å²) in [6.45, 7) is 0. The largest absolute Gasteiger partial charge is 0.469 e. The van der Waals surface area contributed by atoms with E-state index in [1.54, 1.807) is 0 Å². The van der Waals surface area contributed by atoms with E-state index in [0.29, 0.717) is 12.8 Å². The molecule has 1 aliphatic rings. The number of nitrogens with two attached hydrogens (primary N) is 1. The zero-order chi connectivity index (χ0) is 10.6. The van der Waals surface area contributed by atoms with E-state index in [0.717, 1.165) is 0 Å². The van der Waals surface area contributed by atoms with Gasteiger partial charge in [-0.05, 0) is 12.8 Å². The van der Waals surface area contributed by atoms with E-state index in [9.17, 15) is 9.59 Å². The van der Waals surface area contributed by atoms with Gasteiger partial charge in [-0.2, -0.15) is 5.90 Å². The van der Waals surface area contributed by atoms with Gasteiger partial charge in [0.2, 0.25) is 0 Å². The molecule has 0 fully saturated rings. The van der Waals surface area contributed by atoms with Crippen LogP contribution in [0.2, 0.25) is 0 Å². The van der Waals surface area contributed by atoms with Gasteiger partial charge < -0.3 is 9.57 Å². The van der Waals surface area contributed by atoms with Gasteiger partial charge in [0.1, 0.15) is 0 Å². The predicted molar refractivity (Wildman–Crippen MR) is 47.6 cm³/mol. The number of rotatable bonds is 2. The molecule has 1 rings (SSSR count). The molecule has 0 aliphatic heterocycles. The second kappa shape index (κ2) is 4.76. The molecular weight excluding hydrogens is 186 g/mol. The van der Waals surface area contributed by atoms with Gasteiger partial charge in [0.15, 0.2) is 0 Å². The maximum atomic E-state index is 11.3. The summed E-state index contributed by atoms with van der Waals surface area (Å²) < 4.78 is 4.59. The van der Waals surface area contributed by atoms with Crippen molar-refractivity contribution >= 4 is 11.9 Å². The topological polar surface area (TPSA) is 78.6 Å². The van der Waals surface area contributed by atoms with E-state index in [4.69, 9.17) is 5.90 Å². The molecule has 0 radical (unpaired) electrons. The molecule has 0 aromatic rings. The molecule has 78 valence electrons. The van der Waals surface area contributed by atoms with Crippen molar-refractivity contribution in [2.24, 2.45) is 17.7 Å². The number of methoxy groups -OCH3 is 1. The Morgan fingerprint density at radius 3 is 2.14 bits per heavy atom. The molecule has 0 bridgehead atoms. The van der Waals surface area contributed by atoms with Gasteiger partial charge in [0, 0.05) is 0 Å². The number of allylic oxidation sites excluding steroid dienone is 2. The summed E-state index contributed by atoms with van der Waals surface area (Å²) in [6.07, 6.45) is 4.64. The van der Waals surface area contributed by atoms with Crippen LogP contribution in [0.15, 0.2) is 12.2 Å². The van der Waals surface area contributed by atoms with Crippen LogP contribution in [0, 0.1) is 11.8 Å². The fraction of sp³-hybridized carbons (Fsp3) is 0.556. The number of hydrogen-bond donors (Lipinski definition) is 1. The molecule has 0 aromatic heterocycles. The molecule has 0 saturated heterocycles. The first-order valence-corrected chi connectivity index (χ1v) is 4.34. The van der Waals surface area contributed by atoms with Crippen LogP contribution in [-0.4, -0.2) is 19.0 Å². The average Bonchev–Trinajstić information content (AvgIpc) is 2.27. The minimum atomic E-state index is -0.565. The van der Waals surface area contributed by atoms with Gasteiger partial charge in [-0.25, -0.2) is 0 Å². The zero-order valence-electron chi connectivity index (χ0n) is 7.93. The smallest absolute Gasteiger partial charge is 0.328 e. The van der Waals surface area contributed by atoms with Gasteiger partial charge in [0.05, 0.1) is 18.9 Å². The van der Waals surface area contributed by atoms with Crippen molar-refractivity contribution in [1.82, 2.24) is 0 Å². The van der Waals surface area contributed by atoms with Crippen LogP contribution >= 0.6 is 0 Å². The highest BCUT2D eigenvalue weighted by molar-refractivity contribution is 5.82. The molecule has 0 aromatic carbocycles. The first-order chi connectivity index (χ1) is 6.70. The molecule has 5 nitrogen and oxygen atoms in total. The summed E-state index contributed by atoms with van der Waals surface area (Å²) in [6, 6.07) is 0. The first-order valence-electron chi connectivity index (χ1n) is 4.34. The number of carbonyl (C=O) groups is 2. The summed E-state index contributed by atoms with van der Waals surface area (Å²) in [4.78, 5) is 26.6. The van der Waals surface area contributed by atoms with Crippen LogP contribution in [-0.2, 0) is 19.2 Å². The van der Waals surface area contributed by atoms with E-state index in [2.05, 4.69) is 9.57 Å². The highest BCUT2D eigenvalue weighted by Crippen LogP contribution is 2.27.